The predicted octanol–water partition coefficient (Wildman–Crippen LogP) is 1.48. The number of hydrogen-bond donors (Lipinski definition) is 2. The molecule has 0 radical (unpaired) electrons. The van der Waals surface area contributed by atoms with Gasteiger partial charge in [0.15, 0.2) is 0 Å². The highest BCUT2D eigenvalue weighted by Gasteiger charge is 2.09. The van der Waals surface area contributed by atoms with Gasteiger partial charge in [0.25, 0.3) is 0 Å². The molecule has 0 aliphatic rings. The van der Waals surface area contributed by atoms with E-state index in [1.807, 2.05) is 25.1 Å². The third-order valence-electron chi connectivity index (χ3n) is 2.27. The first kappa shape index (κ1) is 12.8. The van der Waals surface area contributed by atoms with Gasteiger partial charge < -0.3 is 20.3 Å². The monoisotopic (exact) mass is 225 g/mol. The molecule has 0 aliphatic carbocycles. The van der Waals surface area contributed by atoms with Gasteiger partial charge in [-0.15, -0.1) is 0 Å². The SMILES string of the molecule is COc1ccc([C@H](C)N)c(OCCCO)c1. The molecule has 3 N–H and O–H groups in total. The Morgan fingerprint density at radius 2 is 2.19 bits per heavy atom. The van der Waals surface area contributed by atoms with Crippen molar-refractivity contribution in [3.8, 4) is 11.5 Å². The Morgan fingerprint density at radius 1 is 1.44 bits per heavy atom. The van der Waals surface area contributed by atoms with Crippen LogP contribution in [0.25, 0.3) is 0 Å². The molecular formula is C12H19NO3. The van der Waals surface area contributed by atoms with Crippen molar-refractivity contribution in [1.29, 1.82) is 0 Å². The Balaban J connectivity index is 2.83. The fourth-order valence-electron chi connectivity index (χ4n) is 1.39. The van der Waals surface area contributed by atoms with Crippen LogP contribution in [0.3, 0.4) is 0 Å². The number of hydrogen-bond acceptors (Lipinski definition) is 4. The van der Waals surface area contributed by atoms with Gasteiger partial charge in [0.2, 0.25) is 0 Å². The Hall–Kier alpha value is -1.26. The van der Waals surface area contributed by atoms with Crippen LogP contribution >= 0.6 is 0 Å². The predicted molar refractivity (Wildman–Crippen MR) is 62.8 cm³/mol. The number of nitrogens with two attached hydrogens (primary N) is 1. The van der Waals surface area contributed by atoms with Crippen molar-refractivity contribution in [1.82, 2.24) is 0 Å². The van der Waals surface area contributed by atoms with Crippen LogP contribution in [0.15, 0.2) is 18.2 Å². The Kier molecular flexibility index (Phi) is 5.08. The van der Waals surface area contributed by atoms with Gasteiger partial charge in [-0.25, -0.2) is 0 Å². The van der Waals surface area contributed by atoms with Crippen LogP contribution in [0.1, 0.15) is 24.9 Å². The molecule has 0 unspecified atom stereocenters. The van der Waals surface area contributed by atoms with Crippen molar-refractivity contribution in [3.63, 3.8) is 0 Å². The van der Waals surface area contributed by atoms with Crippen LogP contribution in [0.5, 0.6) is 11.5 Å². The number of ether oxygens (including phenoxy) is 2. The van der Waals surface area contributed by atoms with E-state index in [2.05, 4.69) is 0 Å². The molecule has 0 aliphatic heterocycles. The van der Waals surface area contributed by atoms with Gasteiger partial charge in [-0.1, -0.05) is 6.07 Å². The van der Waals surface area contributed by atoms with Crippen LogP contribution in [-0.2, 0) is 0 Å². The molecule has 1 aromatic rings. The zero-order valence-electron chi connectivity index (χ0n) is 9.77. The van der Waals surface area contributed by atoms with E-state index in [1.165, 1.54) is 0 Å². The lowest BCUT2D eigenvalue weighted by Crippen LogP contribution is -2.09. The van der Waals surface area contributed by atoms with Gasteiger partial charge in [0.05, 0.1) is 13.7 Å². The number of aliphatic hydroxyl groups excluding tert-OH is 1. The van der Waals surface area contributed by atoms with Crippen LogP contribution in [0, 0.1) is 0 Å². The van der Waals surface area contributed by atoms with Gasteiger partial charge >= 0.3 is 0 Å². The Morgan fingerprint density at radius 3 is 2.75 bits per heavy atom. The summed E-state index contributed by atoms with van der Waals surface area (Å²) in [5.41, 5.74) is 6.78. The second-order valence-corrected chi connectivity index (χ2v) is 3.62. The summed E-state index contributed by atoms with van der Waals surface area (Å²) in [5, 5.41) is 8.69. The maximum Gasteiger partial charge on any atom is 0.127 e. The number of methoxy groups -OCH3 is 1. The standard InChI is InChI=1S/C12H19NO3/c1-9(13)11-5-4-10(15-2)8-12(11)16-7-3-6-14/h4-5,8-9,14H,3,6-7,13H2,1-2H3/t9-/m0/s1. The van der Waals surface area contributed by atoms with Crippen molar-refractivity contribution in [2.45, 2.75) is 19.4 Å². The molecule has 0 saturated carbocycles. The van der Waals surface area contributed by atoms with E-state index in [0.29, 0.717) is 13.0 Å². The van der Waals surface area contributed by atoms with Crippen molar-refractivity contribution >= 4 is 0 Å². The topological polar surface area (TPSA) is 64.7 Å². The molecule has 0 fully saturated rings. The van der Waals surface area contributed by atoms with E-state index in [4.69, 9.17) is 20.3 Å². The lowest BCUT2D eigenvalue weighted by atomic mass is 10.1. The van der Waals surface area contributed by atoms with Crippen LogP contribution in [0.4, 0.5) is 0 Å². The lowest BCUT2D eigenvalue weighted by molar-refractivity contribution is 0.231. The highest BCUT2D eigenvalue weighted by Crippen LogP contribution is 2.28. The number of benzene rings is 1. The second-order valence-electron chi connectivity index (χ2n) is 3.62. The average Bonchev–Trinajstić information content (AvgIpc) is 2.29. The van der Waals surface area contributed by atoms with E-state index in [9.17, 15) is 0 Å². The lowest BCUT2D eigenvalue weighted by Gasteiger charge is -2.14. The van der Waals surface area contributed by atoms with Crippen LogP contribution in [-0.4, -0.2) is 25.4 Å². The molecule has 0 aromatic heterocycles. The minimum absolute atomic E-state index is 0.0879. The molecule has 0 spiro atoms. The summed E-state index contributed by atoms with van der Waals surface area (Å²) in [4.78, 5) is 0. The maximum absolute atomic E-state index is 8.69. The van der Waals surface area contributed by atoms with Gasteiger partial charge in [-0.2, -0.15) is 0 Å². The summed E-state index contributed by atoms with van der Waals surface area (Å²) < 4.78 is 10.7. The Labute approximate surface area is 96.0 Å². The summed E-state index contributed by atoms with van der Waals surface area (Å²) in [6.07, 6.45) is 0.607. The summed E-state index contributed by atoms with van der Waals surface area (Å²) in [6, 6.07) is 5.49. The molecule has 1 atom stereocenters. The van der Waals surface area contributed by atoms with Gasteiger partial charge in [-0.3, -0.25) is 0 Å². The zero-order chi connectivity index (χ0) is 12.0. The fourth-order valence-corrected chi connectivity index (χ4v) is 1.39. The number of aliphatic hydroxyl groups is 1. The maximum atomic E-state index is 8.69. The fraction of sp³-hybridized carbons (Fsp3) is 0.500. The summed E-state index contributed by atoms with van der Waals surface area (Å²) in [6.45, 7) is 2.50. The second kappa shape index (κ2) is 6.35. The molecular weight excluding hydrogens is 206 g/mol. The molecule has 0 saturated heterocycles. The molecule has 1 rings (SSSR count). The third kappa shape index (κ3) is 3.40. The largest absolute Gasteiger partial charge is 0.497 e. The first-order chi connectivity index (χ1) is 7.69. The van der Waals surface area contributed by atoms with Crippen LogP contribution in [0.2, 0.25) is 0 Å². The molecule has 0 heterocycles. The van der Waals surface area contributed by atoms with E-state index in [1.54, 1.807) is 7.11 Å². The smallest absolute Gasteiger partial charge is 0.127 e. The van der Waals surface area contributed by atoms with Crippen molar-refractivity contribution in [3.05, 3.63) is 23.8 Å². The van der Waals surface area contributed by atoms with Crippen molar-refractivity contribution < 1.29 is 14.6 Å². The molecule has 0 amide bonds. The first-order valence-corrected chi connectivity index (χ1v) is 5.36. The van der Waals surface area contributed by atoms with Gasteiger partial charge in [0, 0.05) is 30.7 Å². The van der Waals surface area contributed by atoms with Gasteiger partial charge in [-0.05, 0) is 13.0 Å². The third-order valence-corrected chi connectivity index (χ3v) is 2.27. The average molecular weight is 225 g/mol. The highest BCUT2D eigenvalue weighted by atomic mass is 16.5. The highest BCUT2D eigenvalue weighted by molar-refractivity contribution is 5.42. The summed E-state index contributed by atoms with van der Waals surface area (Å²) in [7, 11) is 1.61. The first-order valence-electron chi connectivity index (χ1n) is 5.36. The summed E-state index contributed by atoms with van der Waals surface area (Å²) >= 11 is 0. The Bertz CT molecular complexity index is 326. The summed E-state index contributed by atoms with van der Waals surface area (Å²) in [5.74, 6) is 1.46. The number of rotatable bonds is 6. The van der Waals surface area contributed by atoms with Crippen molar-refractivity contribution in [2.24, 2.45) is 5.73 Å². The minimum atomic E-state index is -0.0879. The van der Waals surface area contributed by atoms with Crippen molar-refractivity contribution in [2.75, 3.05) is 20.3 Å². The molecule has 4 heteroatoms. The molecule has 0 bridgehead atoms. The molecule has 4 nitrogen and oxygen atoms in total. The molecule has 16 heavy (non-hydrogen) atoms. The van der Waals surface area contributed by atoms with E-state index >= 15 is 0 Å². The minimum Gasteiger partial charge on any atom is -0.497 e. The van der Waals surface area contributed by atoms with Crippen LogP contribution < -0.4 is 15.2 Å². The van der Waals surface area contributed by atoms with E-state index in [0.717, 1.165) is 17.1 Å². The molecule has 1 aromatic carbocycles. The normalized spacial score (nSPS) is 12.2. The quantitative estimate of drug-likeness (QED) is 0.720. The van der Waals surface area contributed by atoms with E-state index < -0.39 is 0 Å². The zero-order valence-corrected chi connectivity index (χ0v) is 9.77. The van der Waals surface area contributed by atoms with E-state index in [-0.39, 0.29) is 12.6 Å². The molecule has 90 valence electrons. The van der Waals surface area contributed by atoms with Gasteiger partial charge in [0.1, 0.15) is 11.5 Å².